The molecule has 5 heteroatoms. The van der Waals surface area contributed by atoms with Crippen LogP contribution in [0.1, 0.15) is 66.8 Å². The van der Waals surface area contributed by atoms with Crippen molar-refractivity contribution in [1.82, 2.24) is 0 Å². The number of phenolic OH excluding ortho intramolecular Hbond substituents is 3. The van der Waals surface area contributed by atoms with Crippen LogP contribution in [-0.2, 0) is 0 Å². The molecule has 0 fully saturated rings. The molecule has 22 heavy (non-hydrogen) atoms. The fourth-order valence-corrected chi connectivity index (χ4v) is 2.31. The minimum absolute atomic E-state index is 0.0250. The normalized spacial score (nSPS) is 11.2. The van der Waals surface area contributed by atoms with Gasteiger partial charge in [0.1, 0.15) is 28.4 Å². The third kappa shape index (κ3) is 3.59. The van der Waals surface area contributed by atoms with E-state index in [1.54, 1.807) is 0 Å². The highest BCUT2D eigenvalue weighted by molar-refractivity contribution is 6.09. The van der Waals surface area contributed by atoms with Crippen molar-refractivity contribution in [2.24, 2.45) is 11.8 Å². The molecule has 0 unspecified atom stereocenters. The van der Waals surface area contributed by atoms with Crippen LogP contribution in [0.5, 0.6) is 17.2 Å². The van der Waals surface area contributed by atoms with Crippen LogP contribution in [0.15, 0.2) is 0 Å². The topological polar surface area (TPSA) is 94.8 Å². The summed E-state index contributed by atoms with van der Waals surface area (Å²) in [5.41, 5.74) is -0.538. The lowest BCUT2D eigenvalue weighted by molar-refractivity contribution is 0.0960. The summed E-state index contributed by atoms with van der Waals surface area (Å²) in [4.78, 5) is 24.5. The Labute approximate surface area is 130 Å². The summed E-state index contributed by atoms with van der Waals surface area (Å²) in [5.74, 6) is -2.40. The van der Waals surface area contributed by atoms with Gasteiger partial charge >= 0.3 is 0 Å². The average molecular weight is 308 g/mol. The van der Waals surface area contributed by atoms with Gasteiger partial charge in [-0.2, -0.15) is 0 Å². The zero-order valence-electron chi connectivity index (χ0n) is 13.7. The molecule has 5 nitrogen and oxygen atoms in total. The molecule has 0 atom stereocenters. The van der Waals surface area contributed by atoms with Gasteiger partial charge in [-0.15, -0.1) is 0 Å². The number of ketones is 2. The van der Waals surface area contributed by atoms with E-state index in [-0.39, 0.29) is 41.4 Å². The maximum atomic E-state index is 12.2. The Kier molecular flexibility index (Phi) is 5.58. The molecule has 1 aromatic rings. The van der Waals surface area contributed by atoms with E-state index in [1.807, 2.05) is 27.7 Å². The lowest BCUT2D eigenvalue weighted by Gasteiger charge is -2.16. The zero-order chi connectivity index (χ0) is 17.2. The van der Waals surface area contributed by atoms with E-state index >= 15 is 0 Å². The van der Waals surface area contributed by atoms with Crippen molar-refractivity contribution in [1.29, 1.82) is 0 Å². The molecule has 0 aromatic heterocycles. The first-order valence-electron chi connectivity index (χ1n) is 7.41. The number of carbonyl (C=O) groups excluding carboxylic acids is 2. The van der Waals surface area contributed by atoms with E-state index in [0.717, 1.165) is 0 Å². The van der Waals surface area contributed by atoms with Gasteiger partial charge in [0.15, 0.2) is 11.6 Å². The smallest absolute Gasteiger partial charge is 0.170 e. The fourth-order valence-electron chi connectivity index (χ4n) is 2.31. The molecule has 0 heterocycles. The monoisotopic (exact) mass is 308 g/mol. The van der Waals surface area contributed by atoms with E-state index in [1.165, 1.54) is 6.92 Å². The van der Waals surface area contributed by atoms with Crippen molar-refractivity contribution in [2.75, 3.05) is 0 Å². The molecule has 0 saturated carbocycles. The fraction of sp³-hybridized carbons (Fsp3) is 0.529. The van der Waals surface area contributed by atoms with Gasteiger partial charge in [0.25, 0.3) is 0 Å². The van der Waals surface area contributed by atoms with Gasteiger partial charge in [-0.05, 0) is 18.8 Å². The number of Topliss-reactive ketones (excluding diaryl/α,β-unsaturated/α-hetero) is 2. The molecule has 0 saturated heterocycles. The molecule has 0 radical (unpaired) electrons. The Morgan fingerprint density at radius 1 is 0.773 bits per heavy atom. The number of hydrogen-bond acceptors (Lipinski definition) is 5. The molecule has 0 aliphatic carbocycles. The van der Waals surface area contributed by atoms with Gasteiger partial charge in [0.05, 0.1) is 0 Å². The molecule has 0 aliphatic rings. The predicted octanol–water partition coefficient (Wildman–Crippen LogP) is 3.57. The summed E-state index contributed by atoms with van der Waals surface area (Å²) in [5, 5.41) is 30.4. The van der Waals surface area contributed by atoms with Gasteiger partial charge in [-0.25, -0.2) is 0 Å². The maximum absolute atomic E-state index is 12.2. The van der Waals surface area contributed by atoms with Gasteiger partial charge in [0, 0.05) is 18.4 Å². The van der Waals surface area contributed by atoms with E-state index in [2.05, 4.69) is 0 Å². The molecule has 0 amide bonds. The van der Waals surface area contributed by atoms with Crippen molar-refractivity contribution >= 4 is 11.6 Å². The van der Waals surface area contributed by atoms with Gasteiger partial charge in [-0.3, -0.25) is 9.59 Å². The Morgan fingerprint density at radius 2 is 1.09 bits per heavy atom. The third-order valence-corrected chi connectivity index (χ3v) is 3.40. The summed E-state index contributed by atoms with van der Waals surface area (Å²) in [6.45, 7) is 8.75. The Balaban J connectivity index is 3.50. The molecule has 1 aromatic carbocycles. The highest BCUT2D eigenvalue weighted by Gasteiger charge is 2.29. The number of benzene rings is 1. The lowest BCUT2D eigenvalue weighted by Crippen LogP contribution is -2.10. The van der Waals surface area contributed by atoms with Gasteiger partial charge in [-0.1, -0.05) is 27.7 Å². The van der Waals surface area contributed by atoms with E-state index in [0.29, 0.717) is 0 Å². The second-order valence-electron chi connectivity index (χ2n) is 6.46. The number of phenols is 3. The van der Waals surface area contributed by atoms with Crippen LogP contribution < -0.4 is 0 Å². The average Bonchev–Trinajstić information content (AvgIpc) is 2.34. The summed E-state index contributed by atoms with van der Waals surface area (Å²) < 4.78 is 0. The Bertz CT molecular complexity index is 551. The first-order chi connectivity index (χ1) is 10.1. The SMILES string of the molecule is Cc1c(O)c(C(=O)CC(C)C)c(O)c(C(=O)CC(C)C)c1O. The molecule has 122 valence electrons. The molecule has 0 bridgehead atoms. The molecule has 0 aliphatic heterocycles. The largest absolute Gasteiger partial charge is 0.507 e. The number of hydrogen-bond donors (Lipinski definition) is 3. The van der Waals surface area contributed by atoms with Crippen LogP contribution in [0, 0.1) is 18.8 Å². The van der Waals surface area contributed by atoms with Crippen LogP contribution >= 0.6 is 0 Å². The van der Waals surface area contributed by atoms with E-state index in [4.69, 9.17) is 0 Å². The Morgan fingerprint density at radius 3 is 1.36 bits per heavy atom. The summed E-state index contributed by atoms with van der Waals surface area (Å²) in [7, 11) is 0. The predicted molar refractivity (Wildman–Crippen MR) is 83.7 cm³/mol. The van der Waals surface area contributed by atoms with E-state index in [9.17, 15) is 24.9 Å². The maximum Gasteiger partial charge on any atom is 0.170 e. The standard InChI is InChI=1S/C17H24O5/c1-8(2)6-11(18)13-15(20)10(5)16(21)14(17(13)22)12(19)7-9(3)4/h8-9,20-22H,6-7H2,1-5H3. The first-order valence-corrected chi connectivity index (χ1v) is 7.41. The van der Waals surface area contributed by atoms with Crippen LogP contribution in [0.3, 0.4) is 0 Å². The first kappa shape index (κ1) is 18.0. The van der Waals surface area contributed by atoms with Crippen LogP contribution in [0.2, 0.25) is 0 Å². The summed E-state index contributed by atoms with van der Waals surface area (Å²) in [6.07, 6.45) is 0.256. The van der Waals surface area contributed by atoms with Crippen molar-refractivity contribution in [3.63, 3.8) is 0 Å². The van der Waals surface area contributed by atoms with Crippen molar-refractivity contribution in [2.45, 2.75) is 47.5 Å². The number of carbonyl (C=O) groups is 2. The highest BCUT2D eigenvalue weighted by Crippen LogP contribution is 2.43. The molecular weight excluding hydrogens is 284 g/mol. The third-order valence-electron chi connectivity index (χ3n) is 3.40. The second kappa shape index (κ2) is 6.81. The van der Waals surface area contributed by atoms with Gasteiger partial charge < -0.3 is 15.3 Å². The number of rotatable bonds is 6. The molecule has 0 spiro atoms. The van der Waals surface area contributed by atoms with Crippen LogP contribution in [-0.4, -0.2) is 26.9 Å². The minimum atomic E-state index is -0.628. The minimum Gasteiger partial charge on any atom is -0.507 e. The highest BCUT2D eigenvalue weighted by atomic mass is 16.3. The summed E-state index contributed by atoms with van der Waals surface area (Å²) >= 11 is 0. The zero-order valence-corrected chi connectivity index (χ0v) is 13.7. The molecule has 1 rings (SSSR count). The second-order valence-corrected chi connectivity index (χ2v) is 6.46. The molecule has 3 N–H and O–H groups in total. The van der Waals surface area contributed by atoms with Crippen molar-refractivity contribution in [3.05, 3.63) is 16.7 Å². The molecular formula is C17H24O5. The quantitative estimate of drug-likeness (QED) is 0.698. The Hall–Kier alpha value is -2.04. The van der Waals surface area contributed by atoms with E-state index < -0.39 is 28.8 Å². The lowest BCUT2D eigenvalue weighted by atomic mass is 9.91. The number of aromatic hydroxyl groups is 3. The van der Waals surface area contributed by atoms with Gasteiger partial charge in [0.2, 0.25) is 0 Å². The summed E-state index contributed by atoms with van der Waals surface area (Å²) in [6, 6.07) is 0. The van der Waals surface area contributed by atoms with Crippen LogP contribution in [0.4, 0.5) is 0 Å². The van der Waals surface area contributed by atoms with Crippen molar-refractivity contribution < 1.29 is 24.9 Å². The van der Waals surface area contributed by atoms with Crippen LogP contribution in [0.25, 0.3) is 0 Å². The van der Waals surface area contributed by atoms with Crippen molar-refractivity contribution in [3.8, 4) is 17.2 Å².